The summed E-state index contributed by atoms with van der Waals surface area (Å²) in [6.07, 6.45) is 2.38. The van der Waals surface area contributed by atoms with E-state index in [1.165, 1.54) is 29.8 Å². The van der Waals surface area contributed by atoms with Crippen LogP contribution < -0.4 is 10.6 Å². The third kappa shape index (κ3) is 3.61. The molecular weight excluding hydrogens is 244 g/mol. The molecule has 2 N–H and O–H groups in total. The Labute approximate surface area is 122 Å². The molecule has 2 rings (SSSR count). The van der Waals surface area contributed by atoms with Gasteiger partial charge in [0.25, 0.3) is 0 Å². The van der Waals surface area contributed by atoms with Gasteiger partial charge in [0, 0.05) is 24.0 Å². The first-order valence-corrected chi connectivity index (χ1v) is 7.40. The first kappa shape index (κ1) is 14.6. The minimum Gasteiger partial charge on any atom is -0.341 e. The summed E-state index contributed by atoms with van der Waals surface area (Å²) in [6, 6.07) is 19.2. The summed E-state index contributed by atoms with van der Waals surface area (Å²) in [6.45, 7) is 5.28. The van der Waals surface area contributed by atoms with Gasteiger partial charge in [-0.15, -0.1) is 0 Å². The molecule has 106 valence electrons. The molecular formula is C18H24N2. The second-order valence-corrected chi connectivity index (χ2v) is 5.22. The van der Waals surface area contributed by atoms with Gasteiger partial charge in [-0.05, 0) is 43.2 Å². The summed E-state index contributed by atoms with van der Waals surface area (Å²) >= 11 is 0. The number of hydrogen-bond donors (Lipinski definition) is 1. The molecule has 0 unspecified atom stereocenters. The van der Waals surface area contributed by atoms with Crippen LogP contribution in [0.2, 0.25) is 0 Å². The van der Waals surface area contributed by atoms with E-state index in [-0.39, 0.29) is 6.04 Å². The fraction of sp³-hybridized carbons (Fsp3) is 0.333. The number of anilines is 2. The molecule has 2 aromatic rings. The van der Waals surface area contributed by atoms with Gasteiger partial charge in [0.05, 0.1) is 0 Å². The number of para-hydroxylation sites is 1. The van der Waals surface area contributed by atoms with Gasteiger partial charge in [-0.25, -0.2) is 0 Å². The van der Waals surface area contributed by atoms with E-state index in [1.54, 1.807) is 0 Å². The van der Waals surface area contributed by atoms with Crippen LogP contribution in [0.15, 0.2) is 54.6 Å². The highest BCUT2D eigenvalue weighted by molar-refractivity contribution is 5.63. The van der Waals surface area contributed by atoms with Crippen molar-refractivity contribution in [1.29, 1.82) is 0 Å². The van der Waals surface area contributed by atoms with E-state index in [9.17, 15) is 0 Å². The van der Waals surface area contributed by atoms with Crippen LogP contribution in [0, 0.1) is 0 Å². The molecule has 0 aliphatic rings. The largest absolute Gasteiger partial charge is 0.341 e. The number of benzene rings is 2. The second-order valence-electron chi connectivity index (χ2n) is 5.22. The van der Waals surface area contributed by atoms with E-state index in [2.05, 4.69) is 66.4 Å². The quantitative estimate of drug-likeness (QED) is 0.826. The molecule has 2 aromatic carbocycles. The molecule has 2 nitrogen and oxygen atoms in total. The Kier molecular flexibility index (Phi) is 5.19. The maximum atomic E-state index is 5.92. The first-order valence-electron chi connectivity index (χ1n) is 7.40. The van der Waals surface area contributed by atoms with E-state index in [0.29, 0.717) is 0 Å². The van der Waals surface area contributed by atoms with Crippen molar-refractivity contribution in [2.45, 2.75) is 32.7 Å². The van der Waals surface area contributed by atoms with Crippen LogP contribution in [-0.2, 0) is 0 Å². The molecule has 0 saturated carbocycles. The third-order valence-corrected chi connectivity index (χ3v) is 3.53. The van der Waals surface area contributed by atoms with Gasteiger partial charge < -0.3 is 10.6 Å². The Bertz CT molecular complexity index is 503. The van der Waals surface area contributed by atoms with Crippen LogP contribution in [0.1, 0.15) is 38.3 Å². The zero-order chi connectivity index (χ0) is 14.4. The average molecular weight is 268 g/mol. The molecule has 0 heterocycles. The molecule has 0 spiro atoms. The highest BCUT2D eigenvalue weighted by Gasteiger charge is 2.09. The molecule has 0 bridgehead atoms. The van der Waals surface area contributed by atoms with E-state index in [4.69, 9.17) is 5.73 Å². The first-order chi connectivity index (χ1) is 9.72. The van der Waals surface area contributed by atoms with Gasteiger partial charge >= 0.3 is 0 Å². The monoisotopic (exact) mass is 268 g/mol. The zero-order valence-corrected chi connectivity index (χ0v) is 12.4. The summed E-state index contributed by atoms with van der Waals surface area (Å²) < 4.78 is 0. The number of unbranched alkanes of at least 4 members (excludes halogenated alkanes) is 1. The van der Waals surface area contributed by atoms with Crippen molar-refractivity contribution in [3.63, 3.8) is 0 Å². The molecule has 0 radical (unpaired) electrons. The molecule has 0 fully saturated rings. The van der Waals surface area contributed by atoms with Gasteiger partial charge in [0.1, 0.15) is 0 Å². The topological polar surface area (TPSA) is 29.3 Å². The highest BCUT2D eigenvalue weighted by atomic mass is 15.1. The summed E-state index contributed by atoms with van der Waals surface area (Å²) in [5, 5.41) is 0. The van der Waals surface area contributed by atoms with E-state index in [1.807, 2.05) is 6.92 Å². The Hall–Kier alpha value is -1.80. The van der Waals surface area contributed by atoms with Crippen molar-refractivity contribution in [3.05, 3.63) is 60.2 Å². The molecule has 0 aromatic heterocycles. The maximum Gasteiger partial charge on any atom is 0.0410 e. The Morgan fingerprint density at radius 1 is 0.950 bits per heavy atom. The SMILES string of the molecule is CCCCN(c1ccccc1)c1ccc([C@@H](C)N)cc1. The van der Waals surface area contributed by atoms with Crippen molar-refractivity contribution in [2.24, 2.45) is 5.73 Å². The smallest absolute Gasteiger partial charge is 0.0410 e. The van der Waals surface area contributed by atoms with Crippen LogP contribution in [0.5, 0.6) is 0 Å². The lowest BCUT2D eigenvalue weighted by Gasteiger charge is -2.25. The summed E-state index contributed by atoms with van der Waals surface area (Å²) in [5.41, 5.74) is 9.57. The van der Waals surface area contributed by atoms with Crippen LogP contribution >= 0.6 is 0 Å². The predicted molar refractivity (Wildman–Crippen MR) is 87.4 cm³/mol. The van der Waals surface area contributed by atoms with Crippen molar-refractivity contribution in [3.8, 4) is 0 Å². The van der Waals surface area contributed by atoms with Crippen LogP contribution in [0.3, 0.4) is 0 Å². The zero-order valence-electron chi connectivity index (χ0n) is 12.4. The molecule has 1 atom stereocenters. The molecule has 0 amide bonds. The minimum absolute atomic E-state index is 0.0878. The number of rotatable bonds is 6. The van der Waals surface area contributed by atoms with Gasteiger partial charge in [0.15, 0.2) is 0 Å². The lowest BCUT2D eigenvalue weighted by atomic mass is 10.1. The summed E-state index contributed by atoms with van der Waals surface area (Å²) in [4.78, 5) is 2.37. The van der Waals surface area contributed by atoms with Gasteiger partial charge in [-0.2, -0.15) is 0 Å². The predicted octanol–water partition coefficient (Wildman–Crippen LogP) is 4.64. The Balaban J connectivity index is 2.26. The number of nitrogens with two attached hydrogens (primary N) is 1. The molecule has 20 heavy (non-hydrogen) atoms. The number of hydrogen-bond acceptors (Lipinski definition) is 2. The molecule has 0 saturated heterocycles. The van der Waals surface area contributed by atoms with Crippen molar-refractivity contribution in [2.75, 3.05) is 11.4 Å². The van der Waals surface area contributed by atoms with Crippen LogP contribution in [0.4, 0.5) is 11.4 Å². The minimum atomic E-state index is 0.0878. The fourth-order valence-electron chi connectivity index (χ4n) is 2.29. The highest BCUT2D eigenvalue weighted by Crippen LogP contribution is 2.26. The van der Waals surface area contributed by atoms with Crippen molar-refractivity contribution >= 4 is 11.4 Å². The normalized spacial score (nSPS) is 12.2. The third-order valence-electron chi connectivity index (χ3n) is 3.53. The number of nitrogens with zero attached hydrogens (tertiary/aromatic N) is 1. The van der Waals surface area contributed by atoms with Crippen molar-refractivity contribution < 1.29 is 0 Å². The second kappa shape index (κ2) is 7.11. The standard InChI is InChI=1S/C18H24N2/c1-3-4-14-20(17-8-6-5-7-9-17)18-12-10-16(11-13-18)15(2)19/h5-13,15H,3-4,14,19H2,1-2H3/t15-/m1/s1. The molecule has 0 aliphatic heterocycles. The molecule has 2 heteroatoms. The Morgan fingerprint density at radius 3 is 2.10 bits per heavy atom. The van der Waals surface area contributed by atoms with Crippen LogP contribution in [-0.4, -0.2) is 6.54 Å². The van der Waals surface area contributed by atoms with Gasteiger partial charge in [-0.3, -0.25) is 0 Å². The van der Waals surface area contributed by atoms with E-state index in [0.717, 1.165) is 6.54 Å². The van der Waals surface area contributed by atoms with E-state index >= 15 is 0 Å². The fourth-order valence-corrected chi connectivity index (χ4v) is 2.29. The summed E-state index contributed by atoms with van der Waals surface area (Å²) in [7, 11) is 0. The average Bonchev–Trinajstić information content (AvgIpc) is 2.49. The Morgan fingerprint density at radius 2 is 1.55 bits per heavy atom. The van der Waals surface area contributed by atoms with Crippen LogP contribution in [0.25, 0.3) is 0 Å². The molecule has 0 aliphatic carbocycles. The lowest BCUT2D eigenvalue weighted by molar-refractivity contribution is 0.784. The van der Waals surface area contributed by atoms with Crippen molar-refractivity contribution in [1.82, 2.24) is 0 Å². The van der Waals surface area contributed by atoms with Gasteiger partial charge in [-0.1, -0.05) is 43.7 Å². The maximum absolute atomic E-state index is 5.92. The van der Waals surface area contributed by atoms with E-state index < -0.39 is 0 Å². The lowest BCUT2D eigenvalue weighted by Crippen LogP contribution is -2.18. The van der Waals surface area contributed by atoms with Gasteiger partial charge in [0.2, 0.25) is 0 Å². The summed E-state index contributed by atoms with van der Waals surface area (Å²) in [5.74, 6) is 0.